The summed E-state index contributed by atoms with van der Waals surface area (Å²) in [5, 5.41) is 21.7. The Kier molecular flexibility index (Phi) is 6.51. The normalized spacial score (nSPS) is 19.1. The minimum atomic E-state index is -0.511. The Morgan fingerprint density at radius 2 is 2.08 bits per heavy atom. The number of aliphatic hydroxyl groups is 1. The van der Waals surface area contributed by atoms with Crippen LogP contribution in [-0.2, 0) is 9.59 Å². The first kappa shape index (κ1) is 18.9. The Morgan fingerprint density at radius 3 is 2.68 bits per heavy atom. The lowest BCUT2D eigenvalue weighted by molar-refractivity contribution is -0.125. The summed E-state index contributed by atoms with van der Waals surface area (Å²) in [7, 11) is 0. The third-order valence-corrected chi connectivity index (χ3v) is 3.77. The van der Waals surface area contributed by atoms with Crippen molar-refractivity contribution >= 4 is 29.9 Å². The first-order valence-corrected chi connectivity index (χ1v) is 7.71. The number of aliphatic hydroxyl groups excluding tert-OH is 1. The van der Waals surface area contributed by atoms with Gasteiger partial charge in [-0.2, -0.15) is 5.10 Å². The van der Waals surface area contributed by atoms with Crippen LogP contribution in [0.2, 0.25) is 0 Å². The molecule has 0 bridgehead atoms. The molecular weight excluding hydrogens is 346 g/mol. The van der Waals surface area contributed by atoms with Crippen LogP contribution in [0.25, 0.3) is 5.69 Å². The number of hydrogen-bond donors (Lipinski definition) is 4. The maximum atomic E-state index is 11.9. The molecular formula is C16H20ClN5O3. The predicted molar refractivity (Wildman–Crippen MR) is 94.9 cm³/mol. The van der Waals surface area contributed by atoms with Gasteiger partial charge in [-0.15, -0.1) is 12.4 Å². The fraction of sp³-hybridized carbons (Fsp3) is 0.312. The zero-order valence-electron chi connectivity index (χ0n) is 13.4. The second kappa shape index (κ2) is 8.61. The lowest BCUT2D eigenvalue weighted by atomic mass is 10.2. The van der Waals surface area contributed by atoms with Gasteiger partial charge in [0.2, 0.25) is 11.8 Å². The predicted octanol–water partition coefficient (Wildman–Crippen LogP) is 0.0716. The Balaban J connectivity index is 0.00000225. The molecule has 0 spiro atoms. The number of carbonyl (C=O) groups is 2. The van der Waals surface area contributed by atoms with Gasteiger partial charge < -0.3 is 21.1 Å². The van der Waals surface area contributed by atoms with Crippen molar-refractivity contribution < 1.29 is 14.7 Å². The summed E-state index contributed by atoms with van der Waals surface area (Å²) in [4.78, 5) is 23.7. The largest absolute Gasteiger partial charge is 0.392 e. The summed E-state index contributed by atoms with van der Waals surface area (Å²) in [5.41, 5.74) is 1.52. The summed E-state index contributed by atoms with van der Waals surface area (Å²) < 4.78 is 1.72. The van der Waals surface area contributed by atoms with E-state index in [-0.39, 0.29) is 30.8 Å². The van der Waals surface area contributed by atoms with E-state index in [2.05, 4.69) is 21.0 Å². The van der Waals surface area contributed by atoms with Crippen LogP contribution >= 0.6 is 12.4 Å². The highest BCUT2D eigenvalue weighted by molar-refractivity contribution is 5.95. The zero-order chi connectivity index (χ0) is 16.9. The van der Waals surface area contributed by atoms with Crippen molar-refractivity contribution in [1.82, 2.24) is 20.4 Å². The molecule has 8 nitrogen and oxygen atoms in total. The first-order valence-electron chi connectivity index (χ1n) is 7.71. The lowest BCUT2D eigenvalue weighted by Gasteiger charge is -2.11. The molecule has 1 aromatic heterocycles. The van der Waals surface area contributed by atoms with Gasteiger partial charge in [0.25, 0.3) is 0 Å². The number of β-amino-alcohol motifs (C(OH)–C–C–N with tert-alkyl or cyclic N) is 1. The second-order valence-electron chi connectivity index (χ2n) is 5.61. The van der Waals surface area contributed by atoms with Crippen LogP contribution in [-0.4, -0.2) is 51.9 Å². The SMILES string of the molecule is Cl.O=C(CNC(=O)C1CC(O)CN1)Nc1ccc(-n2cccn2)cc1. The number of amides is 2. The van der Waals surface area contributed by atoms with E-state index in [1.54, 1.807) is 23.0 Å². The second-order valence-corrected chi connectivity index (χ2v) is 5.61. The highest BCUT2D eigenvalue weighted by Crippen LogP contribution is 2.12. The number of nitrogens with zero attached hydrogens (tertiary/aromatic N) is 2. The molecule has 1 aliphatic heterocycles. The molecule has 2 heterocycles. The molecule has 134 valence electrons. The van der Waals surface area contributed by atoms with Crippen LogP contribution in [0.15, 0.2) is 42.7 Å². The van der Waals surface area contributed by atoms with E-state index in [1.165, 1.54) is 0 Å². The minimum absolute atomic E-state index is 0. The van der Waals surface area contributed by atoms with Gasteiger partial charge in [-0.1, -0.05) is 0 Å². The molecule has 2 atom stereocenters. The number of nitrogens with one attached hydrogen (secondary N) is 3. The maximum Gasteiger partial charge on any atom is 0.243 e. The van der Waals surface area contributed by atoms with Crippen molar-refractivity contribution in [3.8, 4) is 5.69 Å². The molecule has 1 aliphatic rings. The van der Waals surface area contributed by atoms with E-state index in [0.717, 1.165) is 5.69 Å². The number of rotatable bonds is 5. The van der Waals surface area contributed by atoms with Crippen molar-refractivity contribution in [2.45, 2.75) is 18.6 Å². The van der Waals surface area contributed by atoms with Crippen LogP contribution in [0.4, 0.5) is 5.69 Å². The number of carbonyl (C=O) groups excluding carboxylic acids is 2. The molecule has 0 saturated carbocycles. The standard InChI is InChI=1S/C16H19N5O3.ClH/c22-13-8-14(17-9-13)16(24)18-10-15(23)20-11-2-4-12(5-3-11)21-7-1-6-19-21;/h1-7,13-14,17,22H,8-10H2,(H,18,24)(H,20,23);1H. The summed E-state index contributed by atoms with van der Waals surface area (Å²) in [6.45, 7) is 0.279. The zero-order valence-corrected chi connectivity index (χ0v) is 14.2. The summed E-state index contributed by atoms with van der Waals surface area (Å²) in [5.74, 6) is -0.593. The highest BCUT2D eigenvalue weighted by Gasteiger charge is 2.27. The fourth-order valence-electron chi connectivity index (χ4n) is 2.53. The average molecular weight is 366 g/mol. The van der Waals surface area contributed by atoms with Gasteiger partial charge in [-0.3, -0.25) is 9.59 Å². The van der Waals surface area contributed by atoms with Crippen LogP contribution in [0, 0.1) is 0 Å². The average Bonchev–Trinajstić information content (AvgIpc) is 3.25. The molecule has 9 heteroatoms. The molecule has 0 aliphatic carbocycles. The van der Waals surface area contributed by atoms with E-state index >= 15 is 0 Å². The van der Waals surface area contributed by atoms with Gasteiger partial charge in [-0.05, 0) is 36.8 Å². The van der Waals surface area contributed by atoms with E-state index in [4.69, 9.17) is 0 Å². The Bertz CT molecular complexity index is 705. The Morgan fingerprint density at radius 1 is 1.32 bits per heavy atom. The number of hydrogen-bond acceptors (Lipinski definition) is 5. The molecule has 0 radical (unpaired) electrons. The Labute approximate surface area is 151 Å². The van der Waals surface area contributed by atoms with Crippen LogP contribution in [0.3, 0.4) is 0 Å². The first-order chi connectivity index (χ1) is 11.6. The number of anilines is 1. The highest BCUT2D eigenvalue weighted by atomic mass is 35.5. The number of aromatic nitrogens is 2. The Hall–Kier alpha value is -2.42. The van der Waals surface area contributed by atoms with Gasteiger partial charge in [0.1, 0.15) is 0 Å². The van der Waals surface area contributed by atoms with Crippen molar-refractivity contribution in [3.63, 3.8) is 0 Å². The van der Waals surface area contributed by atoms with E-state index in [9.17, 15) is 14.7 Å². The number of halogens is 1. The molecule has 4 N–H and O–H groups in total. The lowest BCUT2D eigenvalue weighted by Crippen LogP contribution is -2.43. The van der Waals surface area contributed by atoms with Gasteiger partial charge >= 0.3 is 0 Å². The molecule has 3 rings (SSSR count). The number of benzene rings is 1. The molecule has 1 saturated heterocycles. The van der Waals surface area contributed by atoms with Crippen LogP contribution in [0.1, 0.15) is 6.42 Å². The summed E-state index contributed by atoms with van der Waals surface area (Å²) >= 11 is 0. The van der Waals surface area contributed by atoms with E-state index in [0.29, 0.717) is 18.7 Å². The fourth-order valence-corrected chi connectivity index (χ4v) is 2.53. The molecule has 1 fully saturated rings. The molecule has 2 amide bonds. The van der Waals surface area contributed by atoms with Gasteiger partial charge in [0, 0.05) is 24.6 Å². The van der Waals surface area contributed by atoms with E-state index in [1.807, 2.05) is 24.4 Å². The summed E-state index contributed by atoms with van der Waals surface area (Å²) in [6.07, 6.45) is 3.37. The van der Waals surface area contributed by atoms with E-state index < -0.39 is 12.1 Å². The molecule has 2 aromatic rings. The van der Waals surface area contributed by atoms with Crippen LogP contribution < -0.4 is 16.0 Å². The van der Waals surface area contributed by atoms with Crippen molar-refractivity contribution in [1.29, 1.82) is 0 Å². The maximum absolute atomic E-state index is 11.9. The topological polar surface area (TPSA) is 108 Å². The third-order valence-electron chi connectivity index (χ3n) is 3.77. The molecule has 2 unspecified atom stereocenters. The van der Waals surface area contributed by atoms with Gasteiger partial charge in [-0.25, -0.2) is 4.68 Å². The van der Waals surface area contributed by atoms with Crippen molar-refractivity contribution in [2.75, 3.05) is 18.4 Å². The smallest absolute Gasteiger partial charge is 0.243 e. The van der Waals surface area contributed by atoms with Gasteiger partial charge in [0.05, 0.1) is 24.4 Å². The van der Waals surface area contributed by atoms with Crippen molar-refractivity contribution in [2.24, 2.45) is 0 Å². The summed E-state index contributed by atoms with van der Waals surface area (Å²) in [6, 6.07) is 8.60. The molecule has 1 aromatic carbocycles. The monoisotopic (exact) mass is 365 g/mol. The minimum Gasteiger partial charge on any atom is -0.392 e. The molecule has 25 heavy (non-hydrogen) atoms. The van der Waals surface area contributed by atoms with Crippen molar-refractivity contribution in [3.05, 3.63) is 42.7 Å². The third kappa shape index (κ3) is 5.02. The van der Waals surface area contributed by atoms with Crippen LogP contribution in [0.5, 0.6) is 0 Å². The van der Waals surface area contributed by atoms with Gasteiger partial charge in [0.15, 0.2) is 0 Å². The quantitative estimate of drug-likeness (QED) is 0.599.